The van der Waals surface area contributed by atoms with E-state index in [1.165, 1.54) is 0 Å². The summed E-state index contributed by atoms with van der Waals surface area (Å²) in [5.74, 6) is 0. The van der Waals surface area contributed by atoms with Crippen molar-refractivity contribution in [2.24, 2.45) is 5.73 Å². The number of hydrogen-bond donors (Lipinski definition) is 6. The van der Waals surface area contributed by atoms with Gasteiger partial charge in [-0.15, -0.1) is 0 Å². The predicted octanol–water partition coefficient (Wildman–Crippen LogP) is -3.25. The maximum Gasteiger partial charge on any atom is 0.369 e. The van der Waals surface area contributed by atoms with Gasteiger partial charge in [-0.1, -0.05) is 0 Å². The van der Waals surface area contributed by atoms with Crippen LogP contribution in [-0.2, 0) is 9.13 Å². The Hall–Kier alpha value is 2.18. The van der Waals surface area contributed by atoms with Crippen molar-refractivity contribution in [2.45, 2.75) is 11.5 Å². The molecule has 0 saturated heterocycles. The molecule has 0 aliphatic rings. The first-order valence-corrected chi connectivity index (χ1v) is 6.32. The van der Waals surface area contributed by atoms with E-state index in [0.717, 1.165) is 0 Å². The van der Waals surface area contributed by atoms with E-state index in [1.807, 2.05) is 0 Å². The van der Waals surface area contributed by atoms with Gasteiger partial charge in [0.05, 0.1) is 0 Å². The monoisotopic (exact) mass is 299 g/mol. The maximum absolute atomic E-state index is 10.6. The van der Waals surface area contributed by atoms with E-state index >= 15 is 0 Å². The van der Waals surface area contributed by atoms with Crippen LogP contribution in [0.25, 0.3) is 0 Å². The number of aliphatic hydroxyl groups is 1. The van der Waals surface area contributed by atoms with Crippen LogP contribution in [0.1, 0.15) is 6.42 Å². The zero-order valence-electron chi connectivity index (χ0n) is 8.94. The SMILES string of the molecule is NCCC(O)(P(=O)(O)O)P(=O)(O)O.O.[Na].[Na]. The fraction of sp³-hybridized carbons (Fsp3) is 1.00. The van der Waals surface area contributed by atoms with Crippen molar-refractivity contribution in [1.29, 1.82) is 0 Å². The molecule has 0 unspecified atom stereocenters. The molecule has 0 aliphatic carbocycles. The van der Waals surface area contributed by atoms with Crippen LogP contribution in [0.15, 0.2) is 0 Å². The van der Waals surface area contributed by atoms with Gasteiger partial charge < -0.3 is 35.9 Å². The first kappa shape index (κ1) is 26.7. The van der Waals surface area contributed by atoms with Gasteiger partial charge in [0.2, 0.25) is 0 Å². The Kier molecular flexibility index (Phi) is 15.2. The Morgan fingerprint density at radius 2 is 1.25 bits per heavy atom. The molecular formula is C3H13NNa2O8P2. The van der Waals surface area contributed by atoms with Crippen LogP contribution in [-0.4, -0.2) is 101 Å². The van der Waals surface area contributed by atoms with Gasteiger partial charge in [0.1, 0.15) is 0 Å². The Morgan fingerprint density at radius 1 is 1.00 bits per heavy atom. The second-order valence-electron chi connectivity index (χ2n) is 2.40. The largest absolute Gasteiger partial charge is 0.412 e. The molecule has 9 N–H and O–H groups in total. The summed E-state index contributed by atoms with van der Waals surface area (Å²) in [6.45, 7) is -0.452. The average Bonchev–Trinajstić information content (AvgIpc) is 1.82. The molecule has 0 aromatic rings. The van der Waals surface area contributed by atoms with Gasteiger partial charge >= 0.3 is 15.2 Å². The Morgan fingerprint density at radius 3 is 1.31 bits per heavy atom. The summed E-state index contributed by atoms with van der Waals surface area (Å²) in [6, 6.07) is 0. The molecule has 2 radical (unpaired) electrons. The molecule has 90 valence electrons. The standard InChI is InChI=1S/C3H11NO7P2.2Na.H2O/c4-2-1-3(5,12(6,7)8)13(9,10)11;;;/h5H,1-2,4H2,(H2,6,7,8)(H2,9,10,11);;;1H2. The first-order valence-electron chi connectivity index (χ1n) is 3.10. The third-order valence-corrected chi connectivity index (χ3v) is 5.29. The van der Waals surface area contributed by atoms with Crippen LogP contribution in [0.2, 0.25) is 0 Å². The van der Waals surface area contributed by atoms with Crippen molar-refractivity contribution in [3.05, 3.63) is 0 Å². The number of hydrogen-bond acceptors (Lipinski definition) is 4. The summed E-state index contributed by atoms with van der Waals surface area (Å²) in [5, 5.41) is 5.71. The molecule has 0 rings (SSSR count). The molecule has 0 fully saturated rings. The Labute approximate surface area is 136 Å². The average molecular weight is 299 g/mol. The summed E-state index contributed by atoms with van der Waals surface area (Å²) in [6.07, 6.45) is -0.873. The number of nitrogens with two attached hydrogens (primary N) is 1. The minimum absolute atomic E-state index is 0. The van der Waals surface area contributed by atoms with Gasteiger partial charge in [0.15, 0.2) is 0 Å². The molecular weight excluding hydrogens is 286 g/mol. The first-order chi connectivity index (χ1) is 5.56. The van der Waals surface area contributed by atoms with Crippen LogP contribution in [0.3, 0.4) is 0 Å². The van der Waals surface area contributed by atoms with Crippen LogP contribution in [0, 0.1) is 0 Å². The van der Waals surface area contributed by atoms with Crippen molar-refractivity contribution in [3.63, 3.8) is 0 Å². The van der Waals surface area contributed by atoms with Gasteiger partial charge in [0, 0.05) is 65.5 Å². The van der Waals surface area contributed by atoms with Gasteiger partial charge in [-0.05, 0) is 6.54 Å². The molecule has 0 aliphatic heterocycles. The normalized spacial score (nSPS) is 11.9. The van der Waals surface area contributed by atoms with Crippen LogP contribution >= 0.6 is 15.2 Å². The molecule has 0 saturated carbocycles. The third kappa shape index (κ3) is 6.38. The van der Waals surface area contributed by atoms with Crippen molar-refractivity contribution in [3.8, 4) is 0 Å². The van der Waals surface area contributed by atoms with Crippen molar-refractivity contribution in [1.82, 2.24) is 0 Å². The molecule has 0 aromatic carbocycles. The summed E-state index contributed by atoms with van der Waals surface area (Å²) in [4.78, 5) is 34.1. The van der Waals surface area contributed by atoms with Crippen molar-refractivity contribution >= 4 is 74.3 Å². The van der Waals surface area contributed by atoms with Crippen LogP contribution in [0.4, 0.5) is 0 Å². The second-order valence-corrected chi connectivity index (χ2v) is 6.41. The Balaban J connectivity index is -0.000000240. The van der Waals surface area contributed by atoms with Gasteiger partial charge in [-0.25, -0.2) is 0 Å². The van der Waals surface area contributed by atoms with E-state index in [4.69, 9.17) is 30.4 Å². The molecule has 13 heteroatoms. The van der Waals surface area contributed by atoms with Crippen LogP contribution < -0.4 is 5.73 Å². The molecule has 0 aromatic heterocycles. The summed E-state index contributed by atoms with van der Waals surface area (Å²) < 4.78 is 21.2. The summed E-state index contributed by atoms with van der Waals surface area (Å²) in [5.41, 5.74) is 4.86. The van der Waals surface area contributed by atoms with Gasteiger partial charge in [0.25, 0.3) is 5.08 Å². The summed E-state index contributed by atoms with van der Waals surface area (Å²) in [7, 11) is -10.6. The van der Waals surface area contributed by atoms with Crippen LogP contribution in [0.5, 0.6) is 0 Å². The quantitative estimate of drug-likeness (QED) is 0.230. The van der Waals surface area contributed by atoms with E-state index in [2.05, 4.69) is 0 Å². The molecule has 0 spiro atoms. The topological polar surface area (TPSA) is 193 Å². The van der Waals surface area contributed by atoms with Crippen molar-refractivity contribution < 1.29 is 39.3 Å². The molecule has 9 nitrogen and oxygen atoms in total. The van der Waals surface area contributed by atoms with Gasteiger partial charge in [-0.3, -0.25) is 9.13 Å². The molecule has 0 bridgehead atoms. The fourth-order valence-electron chi connectivity index (χ4n) is 0.655. The van der Waals surface area contributed by atoms with Gasteiger partial charge in [-0.2, -0.15) is 0 Å². The fourth-order valence-corrected chi connectivity index (χ4v) is 2.85. The zero-order chi connectivity index (χ0) is 10.9. The van der Waals surface area contributed by atoms with E-state index < -0.39 is 33.2 Å². The minimum atomic E-state index is -5.31. The molecule has 0 heterocycles. The van der Waals surface area contributed by atoms with E-state index in [9.17, 15) is 9.13 Å². The zero-order valence-corrected chi connectivity index (χ0v) is 14.7. The predicted molar refractivity (Wildman–Crippen MR) is 57.8 cm³/mol. The minimum Gasteiger partial charge on any atom is -0.412 e. The number of rotatable bonds is 4. The molecule has 16 heavy (non-hydrogen) atoms. The third-order valence-electron chi connectivity index (χ3n) is 1.41. The summed E-state index contributed by atoms with van der Waals surface area (Å²) >= 11 is 0. The molecule has 0 amide bonds. The molecule has 0 atom stereocenters. The Bertz CT molecular complexity index is 252. The van der Waals surface area contributed by atoms with E-state index in [-0.39, 0.29) is 64.6 Å². The smallest absolute Gasteiger partial charge is 0.369 e. The van der Waals surface area contributed by atoms with E-state index in [0.29, 0.717) is 0 Å². The maximum atomic E-state index is 10.6. The second kappa shape index (κ2) is 9.14. The van der Waals surface area contributed by atoms with Crippen molar-refractivity contribution in [2.75, 3.05) is 6.54 Å². The van der Waals surface area contributed by atoms with E-state index in [1.54, 1.807) is 0 Å².